The monoisotopic (exact) mass is 231 g/mol. The minimum Gasteiger partial charge on any atom is -0.326 e. The van der Waals surface area contributed by atoms with Crippen molar-refractivity contribution < 1.29 is 4.79 Å². The zero-order valence-corrected chi connectivity index (χ0v) is 10.3. The van der Waals surface area contributed by atoms with Gasteiger partial charge in [0.05, 0.1) is 0 Å². The Labute approximate surface area is 103 Å². The Bertz CT molecular complexity index is 380. The molecule has 2 nitrogen and oxygen atoms in total. The third-order valence-electron chi connectivity index (χ3n) is 3.76. The lowest BCUT2D eigenvalue weighted by Gasteiger charge is -2.20. The molecule has 1 saturated carbocycles. The van der Waals surface area contributed by atoms with E-state index in [1.807, 2.05) is 24.3 Å². The maximum Gasteiger partial charge on any atom is 0.140 e. The van der Waals surface area contributed by atoms with Crippen LogP contribution in [-0.2, 0) is 17.8 Å². The SMILES string of the molecule is NCc1ccccc1CC(=O)C1CCCCC1. The first-order valence-corrected chi connectivity index (χ1v) is 6.61. The second-order valence-corrected chi connectivity index (χ2v) is 4.95. The van der Waals surface area contributed by atoms with Crippen molar-refractivity contribution in [3.8, 4) is 0 Å². The molecule has 0 unspecified atom stereocenters. The van der Waals surface area contributed by atoms with Gasteiger partial charge in [-0.15, -0.1) is 0 Å². The van der Waals surface area contributed by atoms with Crippen LogP contribution in [0, 0.1) is 5.92 Å². The van der Waals surface area contributed by atoms with Crippen LogP contribution in [0.4, 0.5) is 0 Å². The molecule has 0 aromatic heterocycles. The van der Waals surface area contributed by atoms with E-state index in [2.05, 4.69) is 0 Å². The maximum absolute atomic E-state index is 12.2. The lowest BCUT2D eigenvalue weighted by atomic mass is 9.84. The molecule has 0 heterocycles. The highest BCUT2D eigenvalue weighted by atomic mass is 16.1. The predicted molar refractivity (Wildman–Crippen MR) is 69.6 cm³/mol. The number of hydrogen-bond donors (Lipinski definition) is 1. The molecule has 2 rings (SSSR count). The summed E-state index contributed by atoms with van der Waals surface area (Å²) in [5, 5.41) is 0. The molecule has 1 aliphatic rings. The van der Waals surface area contributed by atoms with Crippen molar-refractivity contribution in [1.29, 1.82) is 0 Å². The smallest absolute Gasteiger partial charge is 0.140 e. The van der Waals surface area contributed by atoms with Crippen LogP contribution in [0.15, 0.2) is 24.3 Å². The van der Waals surface area contributed by atoms with Crippen LogP contribution in [0.3, 0.4) is 0 Å². The van der Waals surface area contributed by atoms with Gasteiger partial charge in [0.2, 0.25) is 0 Å². The van der Waals surface area contributed by atoms with Gasteiger partial charge in [0, 0.05) is 18.9 Å². The van der Waals surface area contributed by atoms with Crippen molar-refractivity contribution in [1.82, 2.24) is 0 Å². The average molecular weight is 231 g/mol. The van der Waals surface area contributed by atoms with Gasteiger partial charge >= 0.3 is 0 Å². The lowest BCUT2D eigenvalue weighted by molar-refractivity contribution is -0.123. The molecule has 0 radical (unpaired) electrons. The van der Waals surface area contributed by atoms with Gasteiger partial charge in [-0.05, 0) is 24.0 Å². The van der Waals surface area contributed by atoms with Crippen molar-refractivity contribution in [2.75, 3.05) is 0 Å². The topological polar surface area (TPSA) is 43.1 Å². The number of Topliss-reactive ketones (excluding diaryl/α,β-unsaturated/α-hetero) is 1. The van der Waals surface area contributed by atoms with Crippen molar-refractivity contribution in [2.24, 2.45) is 11.7 Å². The van der Waals surface area contributed by atoms with E-state index < -0.39 is 0 Å². The van der Waals surface area contributed by atoms with E-state index in [9.17, 15) is 4.79 Å². The quantitative estimate of drug-likeness (QED) is 0.866. The molecule has 0 amide bonds. The Morgan fingerprint density at radius 2 is 1.76 bits per heavy atom. The molecule has 2 heteroatoms. The fraction of sp³-hybridized carbons (Fsp3) is 0.533. The van der Waals surface area contributed by atoms with E-state index >= 15 is 0 Å². The number of carbonyl (C=O) groups excluding carboxylic acids is 1. The van der Waals surface area contributed by atoms with Crippen molar-refractivity contribution in [3.05, 3.63) is 35.4 Å². The largest absolute Gasteiger partial charge is 0.326 e. The molecular weight excluding hydrogens is 210 g/mol. The first-order chi connectivity index (χ1) is 8.31. The summed E-state index contributed by atoms with van der Waals surface area (Å²) in [5.41, 5.74) is 7.92. The highest BCUT2D eigenvalue weighted by molar-refractivity contribution is 5.83. The van der Waals surface area contributed by atoms with Gasteiger partial charge in [-0.1, -0.05) is 43.5 Å². The summed E-state index contributed by atoms with van der Waals surface area (Å²) in [5.74, 6) is 0.709. The summed E-state index contributed by atoms with van der Waals surface area (Å²) in [6.07, 6.45) is 6.47. The standard InChI is InChI=1S/C15H21NO/c16-11-14-9-5-4-8-13(14)10-15(17)12-6-2-1-3-7-12/h4-5,8-9,12H,1-3,6-7,10-11,16H2. The Balaban J connectivity index is 2.01. The van der Waals surface area contributed by atoms with Crippen LogP contribution >= 0.6 is 0 Å². The number of benzene rings is 1. The number of carbonyl (C=O) groups is 1. The van der Waals surface area contributed by atoms with E-state index in [-0.39, 0.29) is 0 Å². The highest BCUT2D eigenvalue weighted by Gasteiger charge is 2.21. The van der Waals surface area contributed by atoms with Gasteiger partial charge in [-0.2, -0.15) is 0 Å². The Morgan fingerprint density at radius 1 is 1.12 bits per heavy atom. The van der Waals surface area contributed by atoms with Crippen molar-refractivity contribution in [2.45, 2.75) is 45.1 Å². The van der Waals surface area contributed by atoms with Crippen molar-refractivity contribution >= 4 is 5.78 Å². The van der Waals surface area contributed by atoms with E-state index in [1.165, 1.54) is 19.3 Å². The first-order valence-electron chi connectivity index (χ1n) is 6.61. The van der Waals surface area contributed by atoms with Gasteiger partial charge in [0.15, 0.2) is 0 Å². The van der Waals surface area contributed by atoms with Crippen LogP contribution in [0.1, 0.15) is 43.2 Å². The van der Waals surface area contributed by atoms with Gasteiger partial charge < -0.3 is 5.73 Å². The number of ketones is 1. The zero-order valence-electron chi connectivity index (χ0n) is 10.3. The van der Waals surface area contributed by atoms with Gasteiger partial charge in [-0.3, -0.25) is 4.79 Å². The van der Waals surface area contributed by atoms with Gasteiger partial charge in [0.1, 0.15) is 5.78 Å². The molecule has 0 atom stereocenters. The van der Waals surface area contributed by atoms with Crippen LogP contribution in [0.5, 0.6) is 0 Å². The number of hydrogen-bond acceptors (Lipinski definition) is 2. The Hall–Kier alpha value is -1.15. The summed E-state index contributed by atoms with van der Waals surface area (Å²) in [7, 11) is 0. The van der Waals surface area contributed by atoms with Crippen molar-refractivity contribution in [3.63, 3.8) is 0 Å². The molecule has 1 aromatic carbocycles. The maximum atomic E-state index is 12.2. The second-order valence-electron chi connectivity index (χ2n) is 4.95. The van der Waals surface area contributed by atoms with E-state index in [1.54, 1.807) is 0 Å². The fourth-order valence-corrected chi connectivity index (χ4v) is 2.69. The number of rotatable bonds is 4. The normalized spacial score (nSPS) is 17.0. The van der Waals surface area contributed by atoms with E-state index in [0.717, 1.165) is 24.0 Å². The minimum absolute atomic E-state index is 0.301. The molecule has 0 bridgehead atoms. The second kappa shape index (κ2) is 5.97. The molecule has 1 fully saturated rings. The molecule has 0 spiro atoms. The van der Waals surface area contributed by atoms with Crippen LogP contribution in [0.2, 0.25) is 0 Å². The summed E-state index contributed by atoms with van der Waals surface area (Å²) in [6.45, 7) is 0.522. The molecule has 2 N–H and O–H groups in total. The minimum atomic E-state index is 0.301. The summed E-state index contributed by atoms with van der Waals surface area (Å²) >= 11 is 0. The number of nitrogens with two attached hydrogens (primary N) is 1. The van der Waals surface area contributed by atoms with E-state index in [0.29, 0.717) is 24.7 Å². The molecule has 1 aliphatic carbocycles. The molecule has 17 heavy (non-hydrogen) atoms. The third kappa shape index (κ3) is 3.16. The van der Waals surface area contributed by atoms with Gasteiger partial charge in [-0.25, -0.2) is 0 Å². The van der Waals surface area contributed by atoms with Gasteiger partial charge in [0.25, 0.3) is 0 Å². The highest BCUT2D eigenvalue weighted by Crippen LogP contribution is 2.25. The average Bonchev–Trinajstić information content (AvgIpc) is 2.40. The Morgan fingerprint density at radius 3 is 2.41 bits per heavy atom. The predicted octanol–water partition coefficient (Wildman–Crippen LogP) is 2.84. The molecule has 92 valence electrons. The summed E-state index contributed by atoms with van der Waals surface area (Å²) in [4.78, 5) is 12.2. The summed E-state index contributed by atoms with van der Waals surface area (Å²) in [6, 6.07) is 8.02. The molecule has 1 aromatic rings. The summed E-state index contributed by atoms with van der Waals surface area (Å²) < 4.78 is 0. The van der Waals surface area contributed by atoms with Crippen LogP contribution < -0.4 is 5.73 Å². The molecular formula is C15H21NO. The lowest BCUT2D eigenvalue weighted by Crippen LogP contribution is -2.20. The van der Waals surface area contributed by atoms with Crippen LogP contribution in [-0.4, -0.2) is 5.78 Å². The zero-order chi connectivity index (χ0) is 12.1. The molecule has 0 aliphatic heterocycles. The third-order valence-corrected chi connectivity index (χ3v) is 3.76. The Kier molecular flexibility index (Phi) is 4.32. The molecule has 0 saturated heterocycles. The fourth-order valence-electron chi connectivity index (χ4n) is 2.69. The van der Waals surface area contributed by atoms with Crippen LogP contribution in [0.25, 0.3) is 0 Å². The first kappa shape index (κ1) is 12.3. The van der Waals surface area contributed by atoms with E-state index in [4.69, 9.17) is 5.73 Å².